The lowest BCUT2D eigenvalue weighted by atomic mass is 9.94. The molecular weight excluding hydrogens is 733 g/mol. The highest BCUT2D eigenvalue weighted by Crippen LogP contribution is 2.29. The van der Waals surface area contributed by atoms with Gasteiger partial charge in [0.15, 0.2) is 0 Å². The summed E-state index contributed by atoms with van der Waals surface area (Å²) < 4.78 is 0. The van der Waals surface area contributed by atoms with Gasteiger partial charge < -0.3 is 0 Å². The molecule has 0 saturated carbocycles. The third-order valence-corrected chi connectivity index (χ3v) is 11.3. The lowest BCUT2D eigenvalue weighted by Gasteiger charge is -2.10. The second kappa shape index (κ2) is 19.2. The van der Waals surface area contributed by atoms with Gasteiger partial charge >= 0.3 is 0 Å². The van der Waals surface area contributed by atoms with Gasteiger partial charge in [-0.25, -0.2) is 0 Å². The average Bonchev–Trinajstić information content (AvgIpc) is 3.29. The Balaban J connectivity index is 0.883. The van der Waals surface area contributed by atoms with Crippen LogP contribution in [0.15, 0.2) is 194 Å². The molecule has 0 aliphatic rings. The van der Waals surface area contributed by atoms with Crippen molar-refractivity contribution >= 4 is 47.6 Å². The first-order valence-corrected chi connectivity index (χ1v) is 21.3. The van der Waals surface area contributed by atoms with E-state index in [1.807, 2.05) is 0 Å². The van der Waals surface area contributed by atoms with Gasteiger partial charge in [0.2, 0.25) is 0 Å². The van der Waals surface area contributed by atoms with Crippen LogP contribution in [0.1, 0.15) is 77.9 Å². The molecule has 0 aliphatic heterocycles. The Morgan fingerprint density at radius 3 is 1.00 bits per heavy atom. The Morgan fingerprint density at radius 1 is 0.295 bits per heavy atom. The molecule has 0 radical (unpaired) electrons. The van der Waals surface area contributed by atoms with E-state index in [0.717, 1.165) is 6.42 Å². The second-order valence-electron chi connectivity index (χ2n) is 16.2. The Kier molecular flexibility index (Phi) is 12.7. The molecule has 0 heterocycles. The highest BCUT2D eigenvalue weighted by Gasteiger charge is 2.08. The highest BCUT2D eigenvalue weighted by molar-refractivity contribution is 5.91. The zero-order valence-corrected chi connectivity index (χ0v) is 35.6. The van der Waals surface area contributed by atoms with Crippen LogP contribution in [0.5, 0.6) is 0 Å². The summed E-state index contributed by atoms with van der Waals surface area (Å²) in [6, 6.07) is 70.6. The van der Waals surface area contributed by atoms with Gasteiger partial charge in [-0.2, -0.15) is 0 Å². The van der Waals surface area contributed by atoms with E-state index in [0.29, 0.717) is 0 Å². The first-order valence-electron chi connectivity index (χ1n) is 21.3. The number of aryl methyl sites for hydroxylation is 4. The molecular formula is C61H52. The predicted molar refractivity (Wildman–Crippen MR) is 266 cm³/mol. The molecule has 0 aliphatic carbocycles. The smallest absolute Gasteiger partial charge is 0.00196 e. The monoisotopic (exact) mass is 784 g/mol. The zero-order chi connectivity index (χ0) is 42.0. The van der Waals surface area contributed by atoms with Crippen LogP contribution in [0.3, 0.4) is 0 Å². The summed E-state index contributed by atoms with van der Waals surface area (Å²) in [5, 5.41) is 0. The van der Waals surface area contributed by atoms with Crippen molar-refractivity contribution in [3.8, 4) is 11.1 Å². The summed E-state index contributed by atoms with van der Waals surface area (Å²) in [5.41, 5.74) is 22.2. The van der Waals surface area contributed by atoms with Gasteiger partial charge in [-0.15, -0.1) is 0 Å². The summed E-state index contributed by atoms with van der Waals surface area (Å²) >= 11 is 0. The van der Waals surface area contributed by atoms with Crippen LogP contribution < -0.4 is 0 Å². The minimum Gasteiger partial charge on any atom is -0.0587 e. The third kappa shape index (κ3) is 11.1. The maximum atomic E-state index is 2.32. The summed E-state index contributed by atoms with van der Waals surface area (Å²) in [6.45, 7) is 8.54. The number of hydrogen-bond donors (Lipinski definition) is 0. The van der Waals surface area contributed by atoms with E-state index in [-0.39, 0.29) is 0 Å². The fourth-order valence-corrected chi connectivity index (χ4v) is 7.46. The largest absolute Gasteiger partial charge is 0.0587 e. The molecule has 0 atom stereocenters. The maximum Gasteiger partial charge on any atom is -0.00196 e. The van der Waals surface area contributed by atoms with Gasteiger partial charge in [-0.05, 0) is 118 Å². The van der Waals surface area contributed by atoms with Crippen molar-refractivity contribution in [2.45, 2.75) is 34.1 Å². The van der Waals surface area contributed by atoms with Crippen LogP contribution in [0.2, 0.25) is 0 Å². The molecule has 0 saturated heterocycles. The van der Waals surface area contributed by atoms with Crippen molar-refractivity contribution in [2.24, 2.45) is 0 Å². The Bertz CT molecular complexity index is 2740. The van der Waals surface area contributed by atoms with E-state index in [2.05, 4.69) is 258 Å². The number of hydrogen-bond acceptors (Lipinski definition) is 0. The predicted octanol–water partition coefficient (Wildman–Crippen LogP) is 16.3. The van der Waals surface area contributed by atoms with Gasteiger partial charge in [0.1, 0.15) is 0 Å². The van der Waals surface area contributed by atoms with Crippen LogP contribution in [0.25, 0.3) is 58.7 Å². The van der Waals surface area contributed by atoms with Gasteiger partial charge in [0.25, 0.3) is 0 Å². The summed E-state index contributed by atoms with van der Waals surface area (Å²) in [5.74, 6) is 0. The maximum absolute atomic E-state index is 2.32. The quantitative estimate of drug-likeness (QED) is 0.108. The fourth-order valence-electron chi connectivity index (χ4n) is 7.46. The Hall–Kier alpha value is -7.28. The van der Waals surface area contributed by atoms with Crippen molar-refractivity contribution in [3.05, 3.63) is 272 Å². The van der Waals surface area contributed by atoms with Crippen LogP contribution in [-0.2, 0) is 6.42 Å². The van der Waals surface area contributed by atoms with Gasteiger partial charge in [-0.3, -0.25) is 0 Å². The SMILES string of the molecule is Cc1ccc(/C=C(/Cc2ccc(/C=C/c3ccc(-c4ccc(/C=C/c5ccc(C=C(c6ccc(C)cc6)c6ccc(C)cc6)cc5)cc4)cc3)cc2)c2ccc(C)cc2)cc1. The third-order valence-electron chi connectivity index (χ3n) is 11.3. The molecule has 0 fully saturated rings. The second-order valence-corrected chi connectivity index (χ2v) is 16.2. The standard InChI is InChI=1S/C61H52/c1-44-5-13-52(14-6-44)41-60(57-31-7-45(2)8-32-57)42-53-23-19-48(20-24-53)15-17-50-27-37-55(38-28-50)56-39-29-51(30-40-56)18-16-49-21-25-54(26-22-49)43-61(58-33-9-46(3)10-34-58)59-35-11-47(4)12-36-59/h5-41,43H,42H2,1-4H3/b17-15+,18-16+,60-41-. The molecule has 296 valence electrons. The molecule has 0 unspecified atom stereocenters. The number of benzene rings is 8. The first kappa shape index (κ1) is 40.5. The highest BCUT2D eigenvalue weighted by atomic mass is 14.1. The molecule has 8 aromatic carbocycles. The van der Waals surface area contributed by atoms with Crippen LogP contribution in [0.4, 0.5) is 0 Å². The van der Waals surface area contributed by atoms with E-state index in [1.54, 1.807) is 0 Å². The molecule has 8 rings (SSSR count). The summed E-state index contributed by atoms with van der Waals surface area (Å²) in [7, 11) is 0. The lowest BCUT2D eigenvalue weighted by molar-refractivity contribution is 1.28. The van der Waals surface area contributed by atoms with Crippen molar-refractivity contribution in [1.82, 2.24) is 0 Å². The molecule has 0 nitrogen and oxygen atoms in total. The molecule has 8 aromatic rings. The molecule has 61 heavy (non-hydrogen) atoms. The molecule has 0 aromatic heterocycles. The van der Waals surface area contributed by atoms with E-state index in [9.17, 15) is 0 Å². The van der Waals surface area contributed by atoms with E-state index in [4.69, 9.17) is 0 Å². The van der Waals surface area contributed by atoms with Crippen molar-refractivity contribution in [3.63, 3.8) is 0 Å². The van der Waals surface area contributed by atoms with E-state index >= 15 is 0 Å². The van der Waals surface area contributed by atoms with Crippen molar-refractivity contribution in [2.75, 3.05) is 0 Å². The van der Waals surface area contributed by atoms with E-state index in [1.165, 1.54) is 100 Å². The van der Waals surface area contributed by atoms with Crippen molar-refractivity contribution in [1.29, 1.82) is 0 Å². The molecule has 0 heteroatoms. The molecule has 0 bridgehead atoms. The van der Waals surface area contributed by atoms with E-state index < -0.39 is 0 Å². The zero-order valence-electron chi connectivity index (χ0n) is 35.6. The van der Waals surface area contributed by atoms with Crippen LogP contribution in [0, 0.1) is 27.7 Å². The van der Waals surface area contributed by atoms with Gasteiger partial charge in [0.05, 0.1) is 0 Å². The van der Waals surface area contributed by atoms with Gasteiger partial charge in [-0.1, -0.05) is 247 Å². The minimum absolute atomic E-state index is 0.873. The molecule has 0 N–H and O–H groups in total. The average molecular weight is 785 g/mol. The Morgan fingerprint density at radius 2 is 0.590 bits per heavy atom. The minimum atomic E-state index is 0.873. The fraction of sp³-hybridized carbons (Fsp3) is 0.0820. The Labute approximate surface area is 363 Å². The van der Waals surface area contributed by atoms with Crippen molar-refractivity contribution < 1.29 is 0 Å². The summed E-state index contributed by atoms with van der Waals surface area (Å²) in [6.07, 6.45) is 14.2. The summed E-state index contributed by atoms with van der Waals surface area (Å²) in [4.78, 5) is 0. The van der Waals surface area contributed by atoms with Crippen LogP contribution >= 0.6 is 0 Å². The first-order chi connectivity index (χ1) is 29.8. The molecule has 0 spiro atoms. The van der Waals surface area contributed by atoms with Crippen LogP contribution in [-0.4, -0.2) is 0 Å². The molecule has 0 amide bonds. The number of allylic oxidation sites excluding steroid dienone is 1. The topological polar surface area (TPSA) is 0 Å². The lowest BCUT2D eigenvalue weighted by Crippen LogP contribution is -1.92. The van der Waals surface area contributed by atoms with Gasteiger partial charge in [0, 0.05) is 0 Å². The normalized spacial score (nSPS) is 11.6. The number of rotatable bonds is 12.